The molecule has 2 N–H and O–H groups in total. The van der Waals surface area contributed by atoms with E-state index in [9.17, 15) is 0 Å². The average molecular weight is 217 g/mol. The fourth-order valence-electron chi connectivity index (χ4n) is 1.40. The minimum Gasteiger partial charge on any atom is -0.399 e. The summed E-state index contributed by atoms with van der Waals surface area (Å²) in [6.45, 7) is 6.00. The summed E-state index contributed by atoms with van der Waals surface area (Å²) in [6.07, 6.45) is 0. The first-order valence-corrected chi connectivity index (χ1v) is 5.28. The van der Waals surface area contributed by atoms with Gasteiger partial charge in [-0.15, -0.1) is 0 Å². The fourth-order valence-corrected chi connectivity index (χ4v) is 1.40. The van der Waals surface area contributed by atoms with Gasteiger partial charge in [-0.05, 0) is 30.7 Å². The maximum atomic E-state index is 5.76. The van der Waals surface area contributed by atoms with E-state index in [0.29, 0.717) is 11.7 Å². The van der Waals surface area contributed by atoms with Crippen molar-refractivity contribution >= 4 is 5.69 Å². The summed E-state index contributed by atoms with van der Waals surface area (Å²) in [5.74, 6) is 1.52. The number of hydrogen-bond acceptors (Lipinski definition) is 4. The molecule has 0 amide bonds. The van der Waals surface area contributed by atoms with E-state index in [1.807, 2.05) is 39.0 Å². The largest absolute Gasteiger partial charge is 0.399 e. The van der Waals surface area contributed by atoms with Gasteiger partial charge >= 0.3 is 0 Å². The first-order chi connectivity index (χ1) is 7.58. The summed E-state index contributed by atoms with van der Waals surface area (Å²) in [5.41, 5.74) is 8.48. The lowest BCUT2D eigenvalue weighted by Crippen LogP contribution is -1.91. The van der Waals surface area contributed by atoms with Crippen molar-refractivity contribution < 1.29 is 4.52 Å². The Morgan fingerprint density at radius 2 is 2.06 bits per heavy atom. The fraction of sp³-hybridized carbons (Fsp3) is 0.333. The molecule has 2 rings (SSSR count). The maximum Gasteiger partial charge on any atom is 0.229 e. The van der Waals surface area contributed by atoms with Crippen molar-refractivity contribution in [1.29, 1.82) is 0 Å². The molecule has 16 heavy (non-hydrogen) atoms. The number of hydrogen-bond donors (Lipinski definition) is 1. The van der Waals surface area contributed by atoms with Crippen LogP contribution in [0.1, 0.15) is 31.2 Å². The normalized spacial score (nSPS) is 11.0. The molecule has 1 heterocycles. The number of aryl methyl sites for hydroxylation is 1. The Hall–Kier alpha value is -1.84. The second-order valence-corrected chi connectivity index (χ2v) is 4.18. The molecule has 0 aliphatic carbocycles. The standard InChI is InChI=1S/C12H15N3O/c1-7(2)12-14-11(15-16-12)9-4-5-10(13)8(3)6-9/h4-7H,13H2,1-3H3. The molecule has 0 spiro atoms. The van der Waals surface area contributed by atoms with Crippen molar-refractivity contribution in [3.8, 4) is 11.4 Å². The molecule has 0 saturated carbocycles. The molecule has 84 valence electrons. The van der Waals surface area contributed by atoms with Crippen LogP contribution in [0.5, 0.6) is 0 Å². The quantitative estimate of drug-likeness (QED) is 0.785. The van der Waals surface area contributed by atoms with Crippen molar-refractivity contribution in [1.82, 2.24) is 10.1 Å². The zero-order valence-corrected chi connectivity index (χ0v) is 9.69. The van der Waals surface area contributed by atoms with E-state index in [0.717, 1.165) is 16.8 Å². The van der Waals surface area contributed by atoms with E-state index >= 15 is 0 Å². The van der Waals surface area contributed by atoms with Crippen LogP contribution in [-0.4, -0.2) is 10.1 Å². The zero-order valence-electron chi connectivity index (χ0n) is 9.69. The molecule has 1 aromatic carbocycles. The van der Waals surface area contributed by atoms with Crippen LogP contribution in [0.15, 0.2) is 22.7 Å². The predicted octanol–water partition coefficient (Wildman–Crippen LogP) is 2.75. The zero-order chi connectivity index (χ0) is 11.7. The Labute approximate surface area is 94.5 Å². The van der Waals surface area contributed by atoms with E-state index < -0.39 is 0 Å². The van der Waals surface area contributed by atoms with Gasteiger partial charge in [0, 0.05) is 17.2 Å². The molecule has 1 aromatic heterocycles. The van der Waals surface area contributed by atoms with Gasteiger partial charge in [0.2, 0.25) is 11.7 Å². The second kappa shape index (κ2) is 3.96. The minimum atomic E-state index is 0.246. The highest BCUT2D eigenvalue weighted by Gasteiger charge is 2.11. The van der Waals surface area contributed by atoms with Crippen molar-refractivity contribution in [3.63, 3.8) is 0 Å². The monoisotopic (exact) mass is 217 g/mol. The van der Waals surface area contributed by atoms with E-state index in [2.05, 4.69) is 10.1 Å². The molecule has 0 atom stereocenters. The van der Waals surface area contributed by atoms with Gasteiger partial charge in [-0.25, -0.2) is 0 Å². The van der Waals surface area contributed by atoms with E-state index in [1.165, 1.54) is 0 Å². The van der Waals surface area contributed by atoms with Gasteiger partial charge in [-0.1, -0.05) is 19.0 Å². The van der Waals surface area contributed by atoms with Crippen molar-refractivity contribution in [2.75, 3.05) is 5.73 Å². The van der Waals surface area contributed by atoms with Gasteiger partial charge in [-0.2, -0.15) is 4.98 Å². The van der Waals surface area contributed by atoms with Gasteiger partial charge in [0.1, 0.15) is 0 Å². The summed E-state index contributed by atoms with van der Waals surface area (Å²) in [7, 11) is 0. The highest BCUT2D eigenvalue weighted by Crippen LogP contribution is 2.22. The van der Waals surface area contributed by atoms with Gasteiger partial charge in [-0.3, -0.25) is 0 Å². The Morgan fingerprint density at radius 1 is 1.31 bits per heavy atom. The Kier molecular flexibility index (Phi) is 2.64. The van der Waals surface area contributed by atoms with Crippen LogP contribution in [0.3, 0.4) is 0 Å². The molecule has 0 unspecified atom stereocenters. The minimum absolute atomic E-state index is 0.246. The highest BCUT2D eigenvalue weighted by atomic mass is 16.5. The van der Waals surface area contributed by atoms with Crippen LogP contribution in [0.2, 0.25) is 0 Å². The topological polar surface area (TPSA) is 64.9 Å². The highest BCUT2D eigenvalue weighted by molar-refractivity contribution is 5.61. The Morgan fingerprint density at radius 3 is 2.62 bits per heavy atom. The van der Waals surface area contributed by atoms with Gasteiger partial charge in [0.05, 0.1) is 0 Å². The number of nitrogen functional groups attached to an aromatic ring is 1. The summed E-state index contributed by atoms with van der Waals surface area (Å²) < 4.78 is 5.16. The van der Waals surface area contributed by atoms with Gasteiger partial charge < -0.3 is 10.3 Å². The smallest absolute Gasteiger partial charge is 0.229 e. The van der Waals surface area contributed by atoms with Gasteiger partial charge in [0.25, 0.3) is 0 Å². The second-order valence-electron chi connectivity index (χ2n) is 4.18. The van der Waals surface area contributed by atoms with Crippen LogP contribution in [-0.2, 0) is 0 Å². The van der Waals surface area contributed by atoms with Crippen LogP contribution >= 0.6 is 0 Å². The van der Waals surface area contributed by atoms with Crippen LogP contribution in [0.4, 0.5) is 5.69 Å². The van der Waals surface area contributed by atoms with Crippen LogP contribution in [0.25, 0.3) is 11.4 Å². The number of aromatic nitrogens is 2. The Bertz CT molecular complexity index is 503. The number of anilines is 1. The number of benzene rings is 1. The molecule has 0 fully saturated rings. The van der Waals surface area contributed by atoms with Crippen molar-refractivity contribution in [2.24, 2.45) is 0 Å². The van der Waals surface area contributed by atoms with E-state index in [-0.39, 0.29) is 5.92 Å². The molecule has 0 bridgehead atoms. The summed E-state index contributed by atoms with van der Waals surface area (Å²) >= 11 is 0. The number of rotatable bonds is 2. The molecule has 2 aromatic rings. The van der Waals surface area contributed by atoms with E-state index in [4.69, 9.17) is 10.3 Å². The molecule has 0 aliphatic rings. The third-order valence-corrected chi connectivity index (χ3v) is 2.46. The summed E-state index contributed by atoms with van der Waals surface area (Å²) in [6, 6.07) is 5.72. The lowest BCUT2D eigenvalue weighted by atomic mass is 10.1. The van der Waals surface area contributed by atoms with E-state index in [1.54, 1.807) is 0 Å². The molecule has 0 saturated heterocycles. The predicted molar refractivity (Wildman–Crippen MR) is 63.0 cm³/mol. The molecule has 4 heteroatoms. The molecular weight excluding hydrogens is 202 g/mol. The third kappa shape index (κ3) is 1.91. The van der Waals surface area contributed by atoms with Crippen molar-refractivity contribution in [3.05, 3.63) is 29.7 Å². The lowest BCUT2D eigenvalue weighted by molar-refractivity contribution is 0.365. The summed E-state index contributed by atoms with van der Waals surface area (Å²) in [5, 5.41) is 3.95. The molecule has 0 aliphatic heterocycles. The molecular formula is C12H15N3O. The van der Waals surface area contributed by atoms with Crippen LogP contribution < -0.4 is 5.73 Å². The average Bonchev–Trinajstić information content (AvgIpc) is 2.71. The number of nitrogens with zero attached hydrogens (tertiary/aromatic N) is 2. The maximum absolute atomic E-state index is 5.76. The number of nitrogens with two attached hydrogens (primary N) is 1. The third-order valence-electron chi connectivity index (χ3n) is 2.46. The van der Waals surface area contributed by atoms with Crippen molar-refractivity contribution in [2.45, 2.75) is 26.7 Å². The first kappa shape index (κ1) is 10.7. The van der Waals surface area contributed by atoms with Gasteiger partial charge in [0.15, 0.2) is 0 Å². The first-order valence-electron chi connectivity index (χ1n) is 5.28. The summed E-state index contributed by atoms with van der Waals surface area (Å²) in [4.78, 5) is 4.33. The molecule has 0 radical (unpaired) electrons. The SMILES string of the molecule is Cc1cc(-c2noc(C(C)C)n2)ccc1N. The molecule has 4 nitrogen and oxygen atoms in total. The lowest BCUT2D eigenvalue weighted by Gasteiger charge is -2.00. The van der Waals surface area contributed by atoms with Crippen LogP contribution in [0, 0.1) is 6.92 Å². The Balaban J connectivity index is 2.39.